The quantitative estimate of drug-likeness (QED) is 0.885. The predicted octanol–water partition coefficient (Wildman–Crippen LogP) is 2.36. The summed E-state index contributed by atoms with van der Waals surface area (Å²) in [4.78, 5) is 15.0. The maximum absolute atomic E-state index is 10.7. The first-order valence-corrected chi connectivity index (χ1v) is 5.90. The summed E-state index contributed by atoms with van der Waals surface area (Å²) in [5.74, 6) is 0.502. The van der Waals surface area contributed by atoms with Gasteiger partial charge in [0.2, 0.25) is 0 Å². The van der Waals surface area contributed by atoms with Crippen LogP contribution in [0.5, 0.6) is 0 Å². The van der Waals surface area contributed by atoms with Crippen LogP contribution < -0.4 is 0 Å². The average molecular weight is 243 g/mol. The molecule has 0 unspecified atom stereocenters. The minimum Gasteiger partial charge on any atom is -0.481 e. The molecule has 16 heavy (non-hydrogen) atoms. The molecule has 0 atom stereocenters. The van der Waals surface area contributed by atoms with Crippen LogP contribution in [0.15, 0.2) is 0 Å². The van der Waals surface area contributed by atoms with Crippen LogP contribution in [-0.4, -0.2) is 20.6 Å². The highest BCUT2D eigenvalue weighted by molar-refractivity contribution is 6.30. The van der Waals surface area contributed by atoms with Crippen LogP contribution in [-0.2, 0) is 18.3 Å². The molecule has 0 radical (unpaired) electrons. The molecule has 1 N–H and O–H groups in total. The molecule has 0 saturated heterocycles. The van der Waals surface area contributed by atoms with E-state index in [4.69, 9.17) is 16.7 Å². The van der Waals surface area contributed by atoms with Gasteiger partial charge in [-0.2, -0.15) is 0 Å². The summed E-state index contributed by atoms with van der Waals surface area (Å²) < 4.78 is 1.83. The van der Waals surface area contributed by atoms with Crippen molar-refractivity contribution in [2.45, 2.75) is 38.0 Å². The molecule has 1 fully saturated rings. The van der Waals surface area contributed by atoms with E-state index in [-0.39, 0.29) is 6.42 Å². The molecule has 4 nitrogen and oxygen atoms in total. The Morgan fingerprint density at radius 1 is 1.56 bits per heavy atom. The standard InChI is InChI=1S/C11H15ClN2O2/c1-14-10(12)8(6-9(15)16)13-11(14)7-4-2-3-5-7/h7H,2-6H2,1H3,(H,15,16). The molecule has 0 aromatic carbocycles. The molecule has 88 valence electrons. The second-order valence-corrected chi connectivity index (χ2v) is 4.68. The fraction of sp³-hybridized carbons (Fsp3) is 0.636. The van der Waals surface area contributed by atoms with E-state index in [9.17, 15) is 4.79 Å². The van der Waals surface area contributed by atoms with Crippen LogP contribution in [0, 0.1) is 0 Å². The fourth-order valence-corrected chi connectivity index (χ4v) is 2.55. The lowest BCUT2D eigenvalue weighted by Crippen LogP contribution is -2.02. The van der Waals surface area contributed by atoms with Gasteiger partial charge < -0.3 is 9.67 Å². The molecule has 0 bridgehead atoms. The smallest absolute Gasteiger partial charge is 0.309 e. The van der Waals surface area contributed by atoms with Gasteiger partial charge in [0.25, 0.3) is 0 Å². The maximum Gasteiger partial charge on any atom is 0.309 e. The monoisotopic (exact) mass is 242 g/mol. The van der Waals surface area contributed by atoms with Crippen LogP contribution in [0.25, 0.3) is 0 Å². The lowest BCUT2D eigenvalue weighted by atomic mass is 10.1. The van der Waals surface area contributed by atoms with Crippen molar-refractivity contribution in [2.75, 3.05) is 0 Å². The van der Waals surface area contributed by atoms with Gasteiger partial charge in [-0.1, -0.05) is 24.4 Å². The summed E-state index contributed by atoms with van der Waals surface area (Å²) >= 11 is 6.07. The number of nitrogens with zero attached hydrogens (tertiary/aromatic N) is 2. The number of carbonyl (C=O) groups is 1. The zero-order valence-corrected chi connectivity index (χ0v) is 10.00. The van der Waals surface area contributed by atoms with Gasteiger partial charge in [0.1, 0.15) is 11.0 Å². The Morgan fingerprint density at radius 3 is 2.75 bits per heavy atom. The Balaban J connectivity index is 2.28. The van der Waals surface area contributed by atoms with Crippen LogP contribution in [0.4, 0.5) is 0 Å². The van der Waals surface area contributed by atoms with E-state index in [1.165, 1.54) is 12.8 Å². The Kier molecular flexibility index (Phi) is 3.19. The number of rotatable bonds is 3. The van der Waals surface area contributed by atoms with Crippen LogP contribution in [0.1, 0.15) is 43.1 Å². The largest absolute Gasteiger partial charge is 0.481 e. The highest BCUT2D eigenvalue weighted by atomic mass is 35.5. The summed E-state index contributed by atoms with van der Waals surface area (Å²) in [7, 11) is 1.86. The third kappa shape index (κ3) is 2.07. The molecular formula is C11H15ClN2O2. The van der Waals surface area contributed by atoms with E-state index in [0.717, 1.165) is 18.7 Å². The molecule has 2 rings (SSSR count). The third-order valence-electron chi connectivity index (χ3n) is 3.16. The molecule has 1 aliphatic rings. The zero-order valence-electron chi connectivity index (χ0n) is 9.24. The van der Waals surface area contributed by atoms with Crippen LogP contribution in [0.2, 0.25) is 5.15 Å². The Morgan fingerprint density at radius 2 is 2.19 bits per heavy atom. The van der Waals surface area contributed by atoms with Crippen molar-refractivity contribution in [3.8, 4) is 0 Å². The Labute approximate surface area is 99.2 Å². The van der Waals surface area contributed by atoms with Crippen LogP contribution in [0.3, 0.4) is 0 Å². The predicted molar refractivity (Wildman–Crippen MR) is 60.8 cm³/mol. The summed E-state index contributed by atoms with van der Waals surface area (Å²) in [6.45, 7) is 0. The van der Waals surface area contributed by atoms with Gasteiger partial charge in [0.05, 0.1) is 12.1 Å². The number of aromatic nitrogens is 2. The van der Waals surface area contributed by atoms with E-state index in [0.29, 0.717) is 16.8 Å². The van der Waals surface area contributed by atoms with Crippen molar-refractivity contribution in [2.24, 2.45) is 7.05 Å². The van der Waals surface area contributed by atoms with Crippen molar-refractivity contribution in [1.82, 2.24) is 9.55 Å². The SMILES string of the molecule is Cn1c(C2CCCC2)nc(CC(=O)O)c1Cl. The van der Waals surface area contributed by atoms with Crippen LogP contribution >= 0.6 is 11.6 Å². The van der Waals surface area contributed by atoms with Gasteiger partial charge >= 0.3 is 5.97 Å². The highest BCUT2D eigenvalue weighted by Crippen LogP contribution is 2.35. The molecule has 0 amide bonds. The zero-order chi connectivity index (χ0) is 11.7. The van der Waals surface area contributed by atoms with Crippen molar-refractivity contribution in [3.05, 3.63) is 16.7 Å². The summed E-state index contributed by atoms with van der Waals surface area (Å²) in [5.41, 5.74) is 0.485. The molecule has 1 saturated carbocycles. The van der Waals surface area contributed by atoms with E-state index in [1.54, 1.807) is 0 Å². The first kappa shape index (κ1) is 11.5. The van der Waals surface area contributed by atoms with E-state index in [1.807, 2.05) is 11.6 Å². The first-order valence-electron chi connectivity index (χ1n) is 5.52. The highest BCUT2D eigenvalue weighted by Gasteiger charge is 2.24. The lowest BCUT2D eigenvalue weighted by molar-refractivity contribution is -0.136. The number of imidazole rings is 1. The number of halogens is 1. The lowest BCUT2D eigenvalue weighted by Gasteiger charge is -2.08. The van der Waals surface area contributed by atoms with Gasteiger partial charge in [0, 0.05) is 13.0 Å². The molecular weight excluding hydrogens is 228 g/mol. The second kappa shape index (κ2) is 4.45. The number of carboxylic acids is 1. The number of hydrogen-bond acceptors (Lipinski definition) is 2. The van der Waals surface area contributed by atoms with E-state index in [2.05, 4.69) is 4.98 Å². The third-order valence-corrected chi connectivity index (χ3v) is 3.64. The summed E-state index contributed by atoms with van der Waals surface area (Å²) in [6.07, 6.45) is 4.62. The molecule has 1 aromatic heterocycles. The number of hydrogen-bond donors (Lipinski definition) is 1. The molecule has 0 spiro atoms. The van der Waals surface area contributed by atoms with Crippen molar-refractivity contribution >= 4 is 17.6 Å². The number of carboxylic acid groups (broad SMARTS) is 1. The van der Waals surface area contributed by atoms with Gasteiger partial charge in [-0.3, -0.25) is 4.79 Å². The van der Waals surface area contributed by atoms with E-state index >= 15 is 0 Å². The van der Waals surface area contributed by atoms with E-state index < -0.39 is 5.97 Å². The summed E-state index contributed by atoms with van der Waals surface area (Å²) in [5, 5.41) is 9.21. The van der Waals surface area contributed by atoms with Crippen molar-refractivity contribution in [3.63, 3.8) is 0 Å². The fourth-order valence-electron chi connectivity index (χ4n) is 2.36. The molecule has 5 heteroatoms. The minimum atomic E-state index is -0.891. The topological polar surface area (TPSA) is 55.1 Å². The molecule has 1 aromatic rings. The minimum absolute atomic E-state index is 0.0978. The Hall–Kier alpha value is -1.03. The maximum atomic E-state index is 10.7. The average Bonchev–Trinajstić information content (AvgIpc) is 2.81. The van der Waals surface area contributed by atoms with Crippen molar-refractivity contribution < 1.29 is 9.90 Å². The summed E-state index contributed by atoms with van der Waals surface area (Å²) in [6, 6.07) is 0. The number of aliphatic carboxylic acids is 1. The van der Waals surface area contributed by atoms with Gasteiger partial charge in [-0.05, 0) is 12.8 Å². The van der Waals surface area contributed by atoms with Gasteiger partial charge in [-0.15, -0.1) is 0 Å². The molecule has 1 aliphatic carbocycles. The Bertz CT molecular complexity index is 408. The normalized spacial score (nSPS) is 16.9. The molecule has 0 aliphatic heterocycles. The van der Waals surface area contributed by atoms with Gasteiger partial charge in [-0.25, -0.2) is 4.98 Å². The molecule has 1 heterocycles. The second-order valence-electron chi connectivity index (χ2n) is 4.32. The van der Waals surface area contributed by atoms with Gasteiger partial charge in [0.15, 0.2) is 0 Å². The van der Waals surface area contributed by atoms with Crippen molar-refractivity contribution in [1.29, 1.82) is 0 Å². The first-order chi connectivity index (χ1) is 7.59.